The Balaban J connectivity index is 3.26. The minimum atomic E-state index is -0.481. The van der Waals surface area contributed by atoms with Gasteiger partial charge < -0.3 is 29.2 Å². The molecule has 0 spiro atoms. The van der Waals surface area contributed by atoms with Gasteiger partial charge in [0.2, 0.25) is 0 Å². The van der Waals surface area contributed by atoms with E-state index in [1.165, 1.54) is 17.1 Å². The number of rotatable bonds is 17. The number of carbonyl (C=O) groups is 1. The van der Waals surface area contributed by atoms with E-state index < -0.39 is 5.60 Å². The number of nitrogens with one attached hydrogen (secondary N) is 1. The number of ether oxygens (including phenoxy) is 4. The molecule has 0 bridgehead atoms. The molecule has 0 atom stereocenters. The van der Waals surface area contributed by atoms with Crippen LogP contribution in [0, 0.1) is 0 Å². The SMILES string of the molecule is CN(CCOCCOCCOCCNCCCS[S+](C)C)C(=O)OC(C)(C)C. The van der Waals surface area contributed by atoms with Gasteiger partial charge in [0.15, 0.2) is 0 Å². The van der Waals surface area contributed by atoms with E-state index >= 15 is 0 Å². The van der Waals surface area contributed by atoms with Crippen molar-refractivity contribution in [1.82, 2.24) is 10.2 Å². The van der Waals surface area contributed by atoms with Gasteiger partial charge in [0.1, 0.15) is 18.1 Å². The Morgan fingerprint density at radius 1 is 0.964 bits per heavy atom. The third-order valence-electron chi connectivity index (χ3n) is 3.26. The molecule has 0 unspecified atom stereocenters. The summed E-state index contributed by atoms with van der Waals surface area (Å²) in [6.07, 6.45) is 5.37. The molecule has 0 aliphatic heterocycles. The van der Waals surface area contributed by atoms with E-state index in [9.17, 15) is 4.79 Å². The average Bonchev–Trinajstić information content (AvgIpc) is 2.59. The lowest BCUT2D eigenvalue weighted by Crippen LogP contribution is -2.36. The number of nitrogens with zero attached hydrogens (tertiary/aromatic N) is 1. The molecule has 7 nitrogen and oxygen atoms in total. The lowest BCUT2D eigenvalue weighted by molar-refractivity contribution is 0.00513. The first kappa shape index (κ1) is 27.8. The van der Waals surface area contributed by atoms with Gasteiger partial charge in [0.25, 0.3) is 0 Å². The predicted molar refractivity (Wildman–Crippen MR) is 120 cm³/mol. The van der Waals surface area contributed by atoms with Gasteiger partial charge >= 0.3 is 6.09 Å². The molecular weight excluding hydrogens is 400 g/mol. The Labute approximate surface area is 178 Å². The van der Waals surface area contributed by atoms with E-state index in [1.54, 1.807) is 7.05 Å². The third kappa shape index (κ3) is 20.5. The Bertz CT molecular complexity index is 382. The molecule has 0 fully saturated rings. The summed E-state index contributed by atoms with van der Waals surface area (Å²) in [6.45, 7) is 11.3. The van der Waals surface area contributed by atoms with E-state index in [0.717, 1.165) is 13.1 Å². The Morgan fingerprint density at radius 2 is 1.54 bits per heavy atom. The molecule has 1 amide bonds. The molecule has 168 valence electrons. The smallest absolute Gasteiger partial charge is 0.410 e. The van der Waals surface area contributed by atoms with Crippen LogP contribution in [-0.2, 0) is 28.9 Å². The van der Waals surface area contributed by atoms with Crippen molar-refractivity contribution in [1.29, 1.82) is 0 Å². The zero-order valence-corrected chi connectivity index (χ0v) is 20.2. The van der Waals surface area contributed by atoms with E-state index in [2.05, 4.69) is 17.8 Å². The molecule has 0 rings (SSSR count). The fraction of sp³-hybridized carbons (Fsp3) is 0.947. The number of likely N-dealkylation sites (N-methyl/N-ethyl adjacent to an activating group) is 1. The molecule has 0 saturated carbocycles. The second-order valence-corrected chi connectivity index (χ2v) is 12.2. The average molecular weight is 442 g/mol. The molecule has 9 heteroatoms. The number of carbonyl (C=O) groups excluding carboxylic acids is 1. The van der Waals surface area contributed by atoms with Crippen LogP contribution in [0.25, 0.3) is 0 Å². The molecule has 0 aromatic rings. The molecular formula is C19H41N2O5S2+. The van der Waals surface area contributed by atoms with Crippen molar-refractivity contribution in [2.45, 2.75) is 32.8 Å². The number of hydrogen-bond donors (Lipinski definition) is 1. The standard InChI is InChI=1S/C19H41N2O5S2/c1-19(2,3)26-18(22)21(4)10-12-24-14-16-25-15-13-23-11-9-20-8-7-17-27-28(5)6/h20H,7-17H2,1-6H3/q+1. The summed E-state index contributed by atoms with van der Waals surface area (Å²) in [7, 11) is 4.21. The topological polar surface area (TPSA) is 69.3 Å². The maximum atomic E-state index is 11.8. The summed E-state index contributed by atoms with van der Waals surface area (Å²) in [5, 5.41) is 3.38. The summed E-state index contributed by atoms with van der Waals surface area (Å²) in [5.74, 6) is 1.22. The highest BCUT2D eigenvalue weighted by Crippen LogP contribution is 2.10. The van der Waals surface area contributed by atoms with Gasteiger partial charge in [-0.25, -0.2) is 4.79 Å². The Morgan fingerprint density at radius 3 is 2.11 bits per heavy atom. The molecule has 0 heterocycles. The van der Waals surface area contributed by atoms with Crippen LogP contribution in [0.3, 0.4) is 0 Å². The molecule has 28 heavy (non-hydrogen) atoms. The van der Waals surface area contributed by atoms with Gasteiger partial charge in [-0.05, 0) is 33.7 Å². The fourth-order valence-electron chi connectivity index (χ4n) is 1.87. The first-order valence-electron chi connectivity index (χ1n) is 9.81. The number of hydrogen-bond acceptors (Lipinski definition) is 7. The van der Waals surface area contributed by atoms with Crippen molar-refractivity contribution in [2.75, 3.05) is 84.6 Å². The van der Waals surface area contributed by atoms with Crippen molar-refractivity contribution in [2.24, 2.45) is 0 Å². The second kappa shape index (κ2) is 17.7. The van der Waals surface area contributed by atoms with Crippen LogP contribution in [0.1, 0.15) is 27.2 Å². The Hall–Kier alpha value is -0.190. The van der Waals surface area contributed by atoms with Crippen LogP contribution in [0.4, 0.5) is 4.79 Å². The summed E-state index contributed by atoms with van der Waals surface area (Å²) < 4.78 is 21.7. The zero-order chi connectivity index (χ0) is 21.3. The van der Waals surface area contributed by atoms with Gasteiger partial charge in [-0.2, -0.15) is 0 Å². The van der Waals surface area contributed by atoms with Gasteiger partial charge in [-0.3, -0.25) is 0 Å². The van der Waals surface area contributed by atoms with E-state index in [0.29, 0.717) is 56.1 Å². The van der Waals surface area contributed by atoms with E-state index in [1.807, 2.05) is 31.6 Å². The highest BCUT2D eigenvalue weighted by Gasteiger charge is 2.19. The molecule has 0 aliphatic rings. The quantitative estimate of drug-likeness (QED) is 0.211. The maximum Gasteiger partial charge on any atom is 0.410 e. The van der Waals surface area contributed by atoms with Crippen LogP contribution in [0.15, 0.2) is 0 Å². The maximum absolute atomic E-state index is 11.8. The van der Waals surface area contributed by atoms with Crippen molar-refractivity contribution < 1.29 is 23.7 Å². The summed E-state index contributed by atoms with van der Waals surface area (Å²) >= 11 is 0. The van der Waals surface area contributed by atoms with E-state index in [4.69, 9.17) is 18.9 Å². The fourth-order valence-corrected chi connectivity index (χ4v) is 3.82. The molecule has 0 aromatic heterocycles. The highest BCUT2D eigenvalue weighted by atomic mass is 33.1. The number of amides is 1. The zero-order valence-electron chi connectivity index (χ0n) is 18.6. The molecule has 0 saturated heterocycles. The molecule has 0 aliphatic carbocycles. The van der Waals surface area contributed by atoms with Gasteiger partial charge in [-0.15, -0.1) is 0 Å². The molecule has 0 aromatic carbocycles. The van der Waals surface area contributed by atoms with Gasteiger partial charge in [0.05, 0.1) is 60.4 Å². The molecule has 0 radical (unpaired) electrons. The van der Waals surface area contributed by atoms with Gasteiger partial charge in [-0.1, -0.05) is 0 Å². The first-order valence-corrected chi connectivity index (χ1v) is 13.4. The lowest BCUT2D eigenvalue weighted by atomic mass is 10.2. The second-order valence-electron chi connectivity index (χ2n) is 7.41. The van der Waals surface area contributed by atoms with Crippen molar-refractivity contribution >= 4 is 26.8 Å². The van der Waals surface area contributed by atoms with E-state index in [-0.39, 0.29) is 6.09 Å². The first-order chi connectivity index (χ1) is 13.2. The predicted octanol–water partition coefficient (Wildman–Crippen LogP) is 2.41. The van der Waals surface area contributed by atoms with Crippen LogP contribution in [0.5, 0.6) is 0 Å². The van der Waals surface area contributed by atoms with Crippen LogP contribution < -0.4 is 5.32 Å². The van der Waals surface area contributed by atoms with Crippen molar-refractivity contribution in [3.63, 3.8) is 0 Å². The van der Waals surface area contributed by atoms with Crippen molar-refractivity contribution in [3.05, 3.63) is 0 Å². The highest BCUT2D eigenvalue weighted by molar-refractivity contribution is 8.73. The monoisotopic (exact) mass is 441 g/mol. The largest absolute Gasteiger partial charge is 0.444 e. The lowest BCUT2D eigenvalue weighted by Gasteiger charge is -2.24. The minimum absolute atomic E-state index is 0.339. The minimum Gasteiger partial charge on any atom is -0.444 e. The van der Waals surface area contributed by atoms with Gasteiger partial charge in [0, 0.05) is 25.9 Å². The summed E-state index contributed by atoms with van der Waals surface area (Å²) in [6, 6.07) is 0. The third-order valence-corrected chi connectivity index (χ3v) is 6.10. The summed E-state index contributed by atoms with van der Waals surface area (Å²) in [4.78, 5) is 13.3. The van der Waals surface area contributed by atoms with Crippen LogP contribution in [-0.4, -0.2) is 101 Å². The summed E-state index contributed by atoms with van der Waals surface area (Å²) in [5.41, 5.74) is -0.481. The van der Waals surface area contributed by atoms with Crippen LogP contribution >= 0.6 is 10.8 Å². The Kier molecular flexibility index (Phi) is 17.5. The molecule has 1 N–H and O–H groups in total. The van der Waals surface area contributed by atoms with Crippen LogP contribution in [0.2, 0.25) is 0 Å². The normalized spacial score (nSPS) is 11.8. The van der Waals surface area contributed by atoms with Crippen molar-refractivity contribution in [3.8, 4) is 0 Å².